The fourth-order valence-corrected chi connectivity index (χ4v) is 3.19. The first-order chi connectivity index (χ1) is 17.3. The number of hydrogen-bond donors (Lipinski definition) is 0. The average molecular weight is 576 g/mol. The van der Waals surface area contributed by atoms with E-state index in [2.05, 4.69) is 13.8 Å². The van der Waals surface area contributed by atoms with Gasteiger partial charge < -0.3 is 29.3 Å². The van der Waals surface area contributed by atoms with Gasteiger partial charge in [0.2, 0.25) is 0 Å². The molecule has 0 saturated carbocycles. The Bertz CT molecular complexity index is 578. The average Bonchev–Trinajstić information content (AvgIpc) is 2.84. The van der Waals surface area contributed by atoms with Gasteiger partial charge in [-0.2, -0.15) is 0 Å². The molecule has 208 valence electrons. The normalized spacial score (nSPS) is 10.4. The van der Waals surface area contributed by atoms with E-state index in [1.165, 1.54) is 64.2 Å². The SMILES string of the molecule is CCCCCCCCCCOC(=O)/C=C\C(=O)[O-].CCCCCCCCCCOC(=O)/C=C\C(=O)[O-].[Zn+2]. The number of hydrogen-bond acceptors (Lipinski definition) is 8. The fraction of sp³-hybridized carbons (Fsp3) is 0.714. The van der Waals surface area contributed by atoms with E-state index in [0.717, 1.165) is 50.7 Å². The summed E-state index contributed by atoms with van der Waals surface area (Å²) in [4.78, 5) is 42.0. The molecular formula is C28H46O8Zn. The smallest absolute Gasteiger partial charge is 0.545 e. The van der Waals surface area contributed by atoms with E-state index in [9.17, 15) is 29.4 Å². The van der Waals surface area contributed by atoms with Crippen LogP contribution in [-0.2, 0) is 48.1 Å². The van der Waals surface area contributed by atoms with Crippen molar-refractivity contribution in [2.24, 2.45) is 0 Å². The van der Waals surface area contributed by atoms with Crippen LogP contribution in [0, 0.1) is 0 Å². The summed E-state index contributed by atoms with van der Waals surface area (Å²) in [6.07, 6.45) is 22.0. The number of aliphatic carboxylic acids is 2. The van der Waals surface area contributed by atoms with Crippen molar-refractivity contribution in [2.45, 2.75) is 117 Å². The second kappa shape index (κ2) is 32.0. The van der Waals surface area contributed by atoms with Crippen molar-refractivity contribution in [2.75, 3.05) is 13.2 Å². The Morgan fingerprint density at radius 1 is 0.486 bits per heavy atom. The van der Waals surface area contributed by atoms with Crippen LogP contribution in [0.1, 0.15) is 117 Å². The summed E-state index contributed by atoms with van der Waals surface area (Å²) >= 11 is 0. The zero-order valence-electron chi connectivity index (χ0n) is 23.0. The summed E-state index contributed by atoms with van der Waals surface area (Å²) in [7, 11) is 0. The maximum atomic E-state index is 11.0. The molecule has 0 aromatic carbocycles. The van der Waals surface area contributed by atoms with Gasteiger partial charge >= 0.3 is 31.4 Å². The van der Waals surface area contributed by atoms with Crippen LogP contribution >= 0.6 is 0 Å². The molecule has 0 heterocycles. The Hall–Kier alpha value is -2.02. The largest absolute Gasteiger partial charge is 2.00 e. The molecule has 0 rings (SSSR count). The standard InChI is InChI=1S/2C14H24O4.Zn/c2*1-2-3-4-5-6-7-8-9-12-18-14(17)11-10-13(15)16;/h2*10-11H,2-9,12H2,1H3,(H,15,16);/q;;+2/p-2/b2*11-10-;. The first kappa shape index (κ1) is 39.5. The molecule has 0 N–H and O–H groups in total. The molecule has 0 aliphatic rings. The van der Waals surface area contributed by atoms with Crippen molar-refractivity contribution < 1.29 is 58.3 Å². The maximum Gasteiger partial charge on any atom is 2.00 e. The minimum absolute atomic E-state index is 0. The predicted molar refractivity (Wildman–Crippen MR) is 135 cm³/mol. The van der Waals surface area contributed by atoms with E-state index in [1.54, 1.807) is 0 Å². The van der Waals surface area contributed by atoms with Gasteiger partial charge in [0.15, 0.2) is 0 Å². The van der Waals surface area contributed by atoms with Crippen LogP contribution in [0.2, 0.25) is 0 Å². The molecule has 37 heavy (non-hydrogen) atoms. The van der Waals surface area contributed by atoms with E-state index < -0.39 is 23.9 Å². The van der Waals surface area contributed by atoms with Crippen molar-refractivity contribution in [3.8, 4) is 0 Å². The van der Waals surface area contributed by atoms with Gasteiger partial charge in [-0.25, -0.2) is 9.59 Å². The number of carboxylic acids is 2. The maximum absolute atomic E-state index is 11.0. The third-order valence-electron chi connectivity index (χ3n) is 5.20. The third kappa shape index (κ3) is 38.7. The fourth-order valence-electron chi connectivity index (χ4n) is 3.19. The van der Waals surface area contributed by atoms with E-state index in [0.29, 0.717) is 25.4 Å². The zero-order chi connectivity index (χ0) is 27.3. The molecule has 0 amide bonds. The molecule has 0 aliphatic heterocycles. The number of unbranched alkanes of at least 4 members (excludes halogenated alkanes) is 14. The van der Waals surface area contributed by atoms with Gasteiger partial charge in [0.1, 0.15) is 0 Å². The summed E-state index contributed by atoms with van der Waals surface area (Å²) in [5.41, 5.74) is 0. The van der Waals surface area contributed by atoms with Crippen LogP contribution in [0.25, 0.3) is 0 Å². The molecule has 0 fully saturated rings. The molecule has 0 bridgehead atoms. The molecule has 0 aromatic rings. The Morgan fingerprint density at radius 3 is 1.03 bits per heavy atom. The number of esters is 2. The molecule has 0 atom stereocenters. The third-order valence-corrected chi connectivity index (χ3v) is 5.20. The van der Waals surface area contributed by atoms with Crippen molar-refractivity contribution >= 4 is 23.9 Å². The van der Waals surface area contributed by atoms with Crippen LogP contribution in [0.4, 0.5) is 0 Å². The molecule has 8 nitrogen and oxygen atoms in total. The van der Waals surface area contributed by atoms with E-state index in [-0.39, 0.29) is 19.5 Å². The molecule has 0 radical (unpaired) electrons. The molecule has 0 aromatic heterocycles. The quantitative estimate of drug-likeness (QED) is 0.0820. The Kier molecular flexibility index (Phi) is 34.2. The Labute approximate surface area is 236 Å². The van der Waals surface area contributed by atoms with Gasteiger partial charge in [-0.3, -0.25) is 0 Å². The molecule has 9 heteroatoms. The van der Waals surface area contributed by atoms with Gasteiger partial charge in [0.25, 0.3) is 0 Å². The second-order valence-electron chi connectivity index (χ2n) is 8.59. The van der Waals surface area contributed by atoms with Crippen LogP contribution in [0.3, 0.4) is 0 Å². The van der Waals surface area contributed by atoms with Crippen LogP contribution in [-0.4, -0.2) is 37.1 Å². The van der Waals surface area contributed by atoms with Crippen molar-refractivity contribution in [3.05, 3.63) is 24.3 Å². The first-order valence-electron chi connectivity index (χ1n) is 13.4. The van der Waals surface area contributed by atoms with E-state index in [4.69, 9.17) is 9.47 Å². The van der Waals surface area contributed by atoms with Gasteiger partial charge in [-0.1, -0.05) is 104 Å². The summed E-state index contributed by atoms with van der Waals surface area (Å²) in [6, 6.07) is 0. The topological polar surface area (TPSA) is 133 Å². The number of rotatable bonds is 22. The molecular weight excluding hydrogens is 530 g/mol. The Balaban J connectivity index is -0.000000608. The minimum Gasteiger partial charge on any atom is -0.545 e. The van der Waals surface area contributed by atoms with Crippen LogP contribution < -0.4 is 10.2 Å². The van der Waals surface area contributed by atoms with Crippen LogP contribution in [0.15, 0.2) is 24.3 Å². The predicted octanol–water partition coefficient (Wildman–Crippen LogP) is 3.95. The van der Waals surface area contributed by atoms with Gasteiger partial charge in [0.05, 0.1) is 25.2 Å². The summed E-state index contributed by atoms with van der Waals surface area (Å²) in [5.74, 6) is -4.03. The first-order valence-corrected chi connectivity index (χ1v) is 13.4. The summed E-state index contributed by atoms with van der Waals surface area (Å²) in [6.45, 7) is 5.10. The zero-order valence-corrected chi connectivity index (χ0v) is 26.0. The number of carbonyl (C=O) groups excluding carboxylic acids is 4. The van der Waals surface area contributed by atoms with Gasteiger partial charge in [0, 0.05) is 12.2 Å². The number of ether oxygens (including phenoxy) is 2. The van der Waals surface area contributed by atoms with Crippen molar-refractivity contribution in [1.82, 2.24) is 0 Å². The van der Waals surface area contributed by atoms with E-state index >= 15 is 0 Å². The minimum atomic E-state index is -1.39. The number of carboxylic acid groups (broad SMARTS) is 2. The monoisotopic (exact) mass is 574 g/mol. The molecule has 0 spiro atoms. The van der Waals surface area contributed by atoms with Crippen LogP contribution in [0.5, 0.6) is 0 Å². The summed E-state index contributed by atoms with van der Waals surface area (Å²) < 4.78 is 9.64. The number of carbonyl (C=O) groups is 4. The van der Waals surface area contributed by atoms with Crippen molar-refractivity contribution in [1.29, 1.82) is 0 Å². The molecule has 0 unspecified atom stereocenters. The summed E-state index contributed by atoms with van der Waals surface area (Å²) in [5, 5.41) is 20.0. The van der Waals surface area contributed by atoms with Gasteiger partial charge in [-0.05, 0) is 25.0 Å². The molecule has 0 aliphatic carbocycles. The molecule has 0 saturated heterocycles. The van der Waals surface area contributed by atoms with E-state index in [1.807, 2.05) is 0 Å². The Morgan fingerprint density at radius 2 is 0.757 bits per heavy atom. The van der Waals surface area contributed by atoms with Crippen molar-refractivity contribution in [3.63, 3.8) is 0 Å². The second-order valence-corrected chi connectivity index (χ2v) is 8.59. The van der Waals surface area contributed by atoms with Gasteiger partial charge in [-0.15, -0.1) is 0 Å².